The summed E-state index contributed by atoms with van der Waals surface area (Å²) in [5, 5.41) is 3.21. The molecule has 0 radical (unpaired) electrons. The smallest absolute Gasteiger partial charge is 0.407 e. The minimum Gasteiger partial charge on any atom is -0.434 e. The number of para-hydroxylation sites is 1. The van der Waals surface area contributed by atoms with Gasteiger partial charge in [0, 0.05) is 19.4 Å². The maximum Gasteiger partial charge on any atom is 0.407 e. The van der Waals surface area contributed by atoms with Crippen LogP contribution in [0.2, 0.25) is 5.02 Å². The normalized spacial score (nSPS) is 20.8. The monoisotopic (exact) mass is 425 g/mol. The fourth-order valence-corrected chi connectivity index (χ4v) is 4.41. The van der Waals surface area contributed by atoms with E-state index in [0.717, 1.165) is 0 Å². The fourth-order valence-electron chi connectivity index (χ4n) is 4.16. The Labute approximate surface area is 179 Å². The van der Waals surface area contributed by atoms with Crippen LogP contribution in [0, 0.1) is 11.3 Å². The van der Waals surface area contributed by atoms with Gasteiger partial charge in [0.05, 0.1) is 21.6 Å². The molecule has 0 saturated heterocycles. The van der Waals surface area contributed by atoms with Crippen molar-refractivity contribution in [3.8, 4) is 5.69 Å². The standard InChI is InChI=1S/C23H24ClN3O3/c1-22(2,3)17-13-23(17,30-21(29)25-4)20-26-16-12-8-11-15(24)18(16)19(28)27(20)14-9-6-5-7-10-14/h5-12,17H,13H2,1-4H3,(H,25,29)/t17?,23-/m0/s1. The fraction of sp³-hybridized carbons (Fsp3) is 0.348. The van der Waals surface area contributed by atoms with E-state index in [1.165, 1.54) is 11.6 Å². The van der Waals surface area contributed by atoms with Gasteiger partial charge in [-0.05, 0) is 29.7 Å². The summed E-state index contributed by atoms with van der Waals surface area (Å²) in [6, 6.07) is 14.4. The van der Waals surface area contributed by atoms with Crippen LogP contribution in [0.1, 0.15) is 33.0 Å². The Kier molecular flexibility index (Phi) is 4.85. The van der Waals surface area contributed by atoms with Crippen LogP contribution in [0.5, 0.6) is 0 Å². The van der Waals surface area contributed by atoms with Crippen molar-refractivity contribution in [2.45, 2.75) is 32.8 Å². The molecular formula is C23H24ClN3O3. The second-order valence-electron chi connectivity index (χ2n) is 8.70. The number of rotatable bonds is 3. The SMILES string of the molecule is CNC(=O)O[C@@]1(c2nc3cccc(Cl)c3c(=O)n2-c2ccccc2)CC1C(C)(C)C. The van der Waals surface area contributed by atoms with Crippen molar-refractivity contribution >= 4 is 28.6 Å². The summed E-state index contributed by atoms with van der Waals surface area (Å²) in [4.78, 5) is 30.8. The number of halogens is 1. The Balaban J connectivity index is 2.06. The van der Waals surface area contributed by atoms with E-state index in [2.05, 4.69) is 26.1 Å². The molecule has 1 aliphatic carbocycles. The van der Waals surface area contributed by atoms with Crippen molar-refractivity contribution in [3.63, 3.8) is 0 Å². The molecule has 4 rings (SSSR count). The van der Waals surface area contributed by atoms with E-state index in [1.54, 1.807) is 18.2 Å². The molecule has 0 aliphatic heterocycles. The molecule has 0 spiro atoms. The van der Waals surface area contributed by atoms with Gasteiger partial charge >= 0.3 is 6.09 Å². The minimum absolute atomic E-state index is 0.000737. The first kappa shape index (κ1) is 20.4. The predicted octanol–water partition coefficient (Wildman–Crippen LogP) is 4.66. The molecule has 0 bridgehead atoms. The van der Waals surface area contributed by atoms with E-state index < -0.39 is 11.7 Å². The second kappa shape index (κ2) is 7.13. The topological polar surface area (TPSA) is 73.2 Å². The summed E-state index contributed by atoms with van der Waals surface area (Å²) < 4.78 is 7.45. The van der Waals surface area contributed by atoms with Crippen LogP contribution in [0.3, 0.4) is 0 Å². The summed E-state index contributed by atoms with van der Waals surface area (Å²) in [5.74, 6) is 0.415. The van der Waals surface area contributed by atoms with Gasteiger partial charge in [0.2, 0.25) is 0 Å². The maximum absolute atomic E-state index is 13.6. The highest BCUT2D eigenvalue weighted by Crippen LogP contribution is 2.62. The molecule has 2 atom stereocenters. The molecule has 1 fully saturated rings. The number of carbonyl (C=O) groups excluding carboxylic acids is 1. The highest BCUT2D eigenvalue weighted by molar-refractivity contribution is 6.35. The average Bonchev–Trinajstić information content (AvgIpc) is 3.44. The quantitative estimate of drug-likeness (QED) is 0.662. The Hall–Kier alpha value is -2.86. The zero-order valence-corrected chi connectivity index (χ0v) is 18.2. The molecule has 7 heteroatoms. The largest absolute Gasteiger partial charge is 0.434 e. The zero-order chi connectivity index (χ0) is 21.7. The van der Waals surface area contributed by atoms with Crippen molar-refractivity contribution in [1.29, 1.82) is 0 Å². The lowest BCUT2D eigenvalue weighted by Gasteiger charge is -2.27. The first-order valence-corrected chi connectivity index (χ1v) is 10.2. The number of fused-ring (bicyclic) bond motifs is 1. The predicted molar refractivity (Wildman–Crippen MR) is 117 cm³/mol. The second-order valence-corrected chi connectivity index (χ2v) is 9.10. The Morgan fingerprint density at radius 3 is 2.50 bits per heavy atom. The van der Waals surface area contributed by atoms with Crippen LogP contribution >= 0.6 is 11.6 Å². The number of nitrogens with one attached hydrogen (secondary N) is 1. The molecule has 3 aromatic rings. The zero-order valence-electron chi connectivity index (χ0n) is 17.4. The third-order valence-electron chi connectivity index (χ3n) is 5.67. The Morgan fingerprint density at radius 2 is 1.90 bits per heavy atom. The van der Waals surface area contributed by atoms with Crippen LogP contribution in [-0.2, 0) is 10.3 Å². The van der Waals surface area contributed by atoms with E-state index in [1.807, 2.05) is 30.3 Å². The van der Waals surface area contributed by atoms with Gasteiger partial charge in [-0.15, -0.1) is 0 Å². The Morgan fingerprint density at radius 1 is 1.20 bits per heavy atom. The van der Waals surface area contributed by atoms with Crippen LogP contribution in [0.4, 0.5) is 4.79 Å². The first-order chi connectivity index (χ1) is 14.2. The van der Waals surface area contributed by atoms with Gasteiger partial charge in [-0.25, -0.2) is 9.78 Å². The molecule has 6 nitrogen and oxygen atoms in total. The molecular weight excluding hydrogens is 402 g/mol. The molecule has 1 aromatic heterocycles. The lowest BCUT2D eigenvalue weighted by molar-refractivity contribution is 0.0492. The van der Waals surface area contributed by atoms with E-state index in [0.29, 0.717) is 33.9 Å². The minimum atomic E-state index is -1.01. The number of hydrogen-bond acceptors (Lipinski definition) is 4. The highest BCUT2D eigenvalue weighted by Gasteiger charge is 2.66. The molecule has 1 amide bonds. The van der Waals surface area contributed by atoms with Crippen molar-refractivity contribution in [2.75, 3.05) is 7.05 Å². The van der Waals surface area contributed by atoms with Crippen molar-refractivity contribution in [1.82, 2.24) is 14.9 Å². The van der Waals surface area contributed by atoms with E-state index in [-0.39, 0.29) is 16.9 Å². The molecule has 2 aromatic carbocycles. The number of nitrogens with zero attached hydrogens (tertiary/aromatic N) is 2. The summed E-state index contributed by atoms with van der Waals surface area (Å²) in [6.07, 6.45) is 0.0247. The summed E-state index contributed by atoms with van der Waals surface area (Å²) in [6.45, 7) is 6.28. The maximum atomic E-state index is 13.6. The summed E-state index contributed by atoms with van der Waals surface area (Å²) >= 11 is 6.36. The van der Waals surface area contributed by atoms with Crippen molar-refractivity contribution < 1.29 is 9.53 Å². The summed E-state index contributed by atoms with van der Waals surface area (Å²) in [5.41, 5.74) is -0.327. The average molecular weight is 426 g/mol. The number of aromatic nitrogens is 2. The molecule has 156 valence electrons. The van der Waals surface area contributed by atoms with Gasteiger partial charge in [0.25, 0.3) is 5.56 Å². The van der Waals surface area contributed by atoms with E-state index >= 15 is 0 Å². The van der Waals surface area contributed by atoms with Gasteiger partial charge in [-0.1, -0.05) is 56.6 Å². The van der Waals surface area contributed by atoms with Gasteiger partial charge in [-0.3, -0.25) is 9.36 Å². The van der Waals surface area contributed by atoms with Gasteiger partial charge < -0.3 is 10.1 Å². The van der Waals surface area contributed by atoms with Crippen LogP contribution < -0.4 is 10.9 Å². The molecule has 1 saturated carbocycles. The van der Waals surface area contributed by atoms with E-state index in [9.17, 15) is 9.59 Å². The third kappa shape index (κ3) is 3.25. The lowest BCUT2D eigenvalue weighted by atomic mass is 9.87. The lowest BCUT2D eigenvalue weighted by Crippen LogP contribution is -2.36. The van der Waals surface area contributed by atoms with Crippen LogP contribution in [0.15, 0.2) is 53.3 Å². The number of carbonyl (C=O) groups is 1. The molecule has 1 unspecified atom stereocenters. The van der Waals surface area contributed by atoms with Crippen molar-refractivity contribution in [2.24, 2.45) is 11.3 Å². The molecule has 1 heterocycles. The number of ether oxygens (including phenoxy) is 1. The van der Waals surface area contributed by atoms with Crippen LogP contribution in [0.25, 0.3) is 16.6 Å². The molecule has 30 heavy (non-hydrogen) atoms. The number of benzene rings is 2. The van der Waals surface area contributed by atoms with Gasteiger partial charge in [-0.2, -0.15) is 0 Å². The van der Waals surface area contributed by atoms with Crippen molar-refractivity contribution in [3.05, 3.63) is 69.7 Å². The molecule has 1 N–H and O–H groups in total. The number of alkyl carbamates (subject to hydrolysis) is 1. The van der Waals surface area contributed by atoms with E-state index in [4.69, 9.17) is 21.3 Å². The molecule has 1 aliphatic rings. The summed E-state index contributed by atoms with van der Waals surface area (Å²) in [7, 11) is 1.52. The highest BCUT2D eigenvalue weighted by atomic mass is 35.5. The van der Waals surface area contributed by atoms with Gasteiger partial charge in [0.15, 0.2) is 11.4 Å². The first-order valence-electron chi connectivity index (χ1n) is 9.87. The number of amides is 1. The van der Waals surface area contributed by atoms with Crippen LogP contribution in [-0.4, -0.2) is 22.7 Å². The van der Waals surface area contributed by atoms with Gasteiger partial charge in [0.1, 0.15) is 0 Å². The Bertz CT molecular complexity index is 1180. The number of hydrogen-bond donors (Lipinski definition) is 1. The third-order valence-corrected chi connectivity index (χ3v) is 5.99.